The highest BCUT2D eigenvalue weighted by atomic mass is 79.9. The van der Waals surface area contributed by atoms with Gasteiger partial charge in [0.05, 0.1) is 13.0 Å². The molecule has 0 saturated carbocycles. The van der Waals surface area contributed by atoms with Crippen LogP contribution in [0.25, 0.3) is 0 Å². The molecule has 22 heavy (non-hydrogen) atoms. The molecule has 0 aromatic heterocycles. The first kappa shape index (κ1) is 16.5. The molecule has 0 bridgehead atoms. The van der Waals surface area contributed by atoms with Crippen molar-refractivity contribution >= 4 is 21.8 Å². The average Bonchev–Trinajstić information content (AvgIpc) is 2.47. The molecule has 5 heteroatoms. The molecule has 0 aliphatic heterocycles. The fourth-order valence-electron chi connectivity index (χ4n) is 2.03. The molecule has 2 rings (SSSR count). The van der Waals surface area contributed by atoms with Crippen molar-refractivity contribution in [2.24, 2.45) is 0 Å². The second-order valence-electron chi connectivity index (χ2n) is 4.81. The molecular weight excluding hydrogens is 349 g/mol. The zero-order chi connectivity index (χ0) is 15.9. The van der Waals surface area contributed by atoms with Crippen molar-refractivity contribution < 1.29 is 13.9 Å². The molecule has 2 aromatic rings. The summed E-state index contributed by atoms with van der Waals surface area (Å²) in [5.41, 5.74) is 1.62. The molecule has 0 fully saturated rings. The van der Waals surface area contributed by atoms with E-state index in [4.69, 9.17) is 4.74 Å². The first-order valence-corrected chi connectivity index (χ1v) is 7.79. The lowest BCUT2D eigenvalue weighted by molar-refractivity contribution is -0.120. The van der Waals surface area contributed by atoms with Gasteiger partial charge in [0.25, 0.3) is 0 Å². The van der Waals surface area contributed by atoms with Gasteiger partial charge >= 0.3 is 0 Å². The Morgan fingerprint density at radius 2 is 1.91 bits per heavy atom. The van der Waals surface area contributed by atoms with Crippen LogP contribution in [0.5, 0.6) is 5.75 Å². The molecule has 0 spiro atoms. The van der Waals surface area contributed by atoms with Gasteiger partial charge < -0.3 is 10.1 Å². The predicted octanol–water partition coefficient (Wildman–Crippen LogP) is 3.85. The summed E-state index contributed by atoms with van der Waals surface area (Å²) in [5.74, 6) is 0.353. The number of hydrogen-bond acceptors (Lipinski definition) is 2. The fourth-order valence-corrected chi connectivity index (χ4v) is 2.54. The number of halogens is 2. The monoisotopic (exact) mass is 365 g/mol. The minimum atomic E-state index is -0.329. The van der Waals surface area contributed by atoms with Gasteiger partial charge in [-0.1, -0.05) is 28.1 Å². The third-order valence-corrected chi connectivity index (χ3v) is 3.47. The maximum Gasteiger partial charge on any atom is 0.224 e. The Morgan fingerprint density at radius 3 is 2.55 bits per heavy atom. The Kier molecular flexibility index (Phi) is 5.95. The molecule has 0 saturated heterocycles. The van der Waals surface area contributed by atoms with Crippen molar-refractivity contribution in [3.05, 3.63) is 63.9 Å². The normalized spacial score (nSPS) is 10.3. The largest absolute Gasteiger partial charge is 0.494 e. The Hall–Kier alpha value is -1.88. The summed E-state index contributed by atoms with van der Waals surface area (Å²) in [6.45, 7) is 2.83. The molecule has 0 heterocycles. The summed E-state index contributed by atoms with van der Waals surface area (Å²) in [6.07, 6.45) is 0.281. The molecule has 0 aliphatic carbocycles. The number of amides is 1. The van der Waals surface area contributed by atoms with Gasteiger partial charge in [-0.3, -0.25) is 4.79 Å². The van der Waals surface area contributed by atoms with Crippen molar-refractivity contribution in [1.82, 2.24) is 5.32 Å². The average molecular weight is 366 g/mol. The van der Waals surface area contributed by atoms with Crippen LogP contribution in [0.4, 0.5) is 4.39 Å². The van der Waals surface area contributed by atoms with Crippen LogP contribution in [0.2, 0.25) is 0 Å². The van der Waals surface area contributed by atoms with Crippen LogP contribution in [0.1, 0.15) is 18.1 Å². The SMILES string of the molecule is CCOc1ccc(CC(=O)NCc2cc(F)cc(Br)c2)cc1. The van der Waals surface area contributed by atoms with Gasteiger partial charge in [-0.25, -0.2) is 4.39 Å². The van der Waals surface area contributed by atoms with E-state index >= 15 is 0 Å². The highest BCUT2D eigenvalue weighted by Crippen LogP contribution is 2.15. The van der Waals surface area contributed by atoms with Crippen LogP contribution < -0.4 is 10.1 Å². The molecule has 0 atom stereocenters. The molecular formula is C17H17BrFNO2. The molecule has 116 valence electrons. The summed E-state index contributed by atoms with van der Waals surface area (Å²) in [4.78, 5) is 11.9. The molecule has 2 aromatic carbocycles. The maximum atomic E-state index is 13.2. The number of carbonyl (C=O) groups is 1. The molecule has 1 N–H and O–H groups in total. The summed E-state index contributed by atoms with van der Waals surface area (Å²) in [7, 11) is 0. The van der Waals surface area contributed by atoms with E-state index in [1.807, 2.05) is 31.2 Å². The van der Waals surface area contributed by atoms with Crippen LogP contribution in [-0.4, -0.2) is 12.5 Å². The lowest BCUT2D eigenvalue weighted by Crippen LogP contribution is -2.24. The standard InChI is InChI=1S/C17H17BrFNO2/c1-2-22-16-5-3-12(4-6-16)9-17(21)20-11-13-7-14(18)10-15(19)8-13/h3-8,10H,2,9,11H2,1H3,(H,20,21). The molecule has 0 unspecified atom stereocenters. The van der Waals surface area contributed by atoms with Crippen LogP contribution in [0.3, 0.4) is 0 Å². The van der Waals surface area contributed by atoms with Gasteiger partial charge in [0, 0.05) is 11.0 Å². The Morgan fingerprint density at radius 1 is 1.18 bits per heavy atom. The summed E-state index contributed by atoms with van der Waals surface area (Å²) in [5, 5.41) is 2.78. The van der Waals surface area contributed by atoms with Crippen molar-refractivity contribution in [2.75, 3.05) is 6.61 Å². The lowest BCUT2D eigenvalue weighted by Gasteiger charge is -2.07. The zero-order valence-corrected chi connectivity index (χ0v) is 13.8. The van der Waals surface area contributed by atoms with Crippen LogP contribution >= 0.6 is 15.9 Å². The minimum Gasteiger partial charge on any atom is -0.494 e. The van der Waals surface area contributed by atoms with Crippen LogP contribution in [-0.2, 0) is 17.8 Å². The predicted molar refractivity (Wildman–Crippen MR) is 87.3 cm³/mol. The van der Waals surface area contributed by atoms with Gasteiger partial charge in [-0.15, -0.1) is 0 Å². The molecule has 3 nitrogen and oxygen atoms in total. The summed E-state index contributed by atoms with van der Waals surface area (Å²) >= 11 is 3.23. The number of nitrogens with one attached hydrogen (secondary N) is 1. The van der Waals surface area contributed by atoms with E-state index in [0.717, 1.165) is 11.3 Å². The Bertz CT molecular complexity index is 623. The van der Waals surface area contributed by atoms with Crippen molar-refractivity contribution in [3.8, 4) is 5.75 Å². The third-order valence-electron chi connectivity index (χ3n) is 3.01. The lowest BCUT2D eigenvalue weighted by atomic mass is 10.1. The Balaban J connectivity index is 1.87. The molecule has 0 radical (unpaired) electrons. The smallest absolute Gasteiger partial charge is 0.224 e. The molecule has 1 amide bonds. The number of hydrogen-bond donors (Lipinski definition) is 1. The molecule has 0 aliphatic rings. The van der Waals surface area contributed by atoms with Crippen molar-refractivity contribution in [2.45, 2.75) is 19.9 Å². The number of ether oxygens (including phenoxy) is 1. The Labute approximate surface area is 137 Å². The second kappa shape index (κ2) is 7.94. The summed E-state index contributed by atoms with van der Waals surface area (Å²) in [6, 6.07) is 12.0. The van der Waals surface area contributed by atoms with Gasteiger partial charge in [0.2, 0.25) is 5.91 Å². The topological polar surface area (TPSA) is 38.3 Å². The summed E-state index contributed by atoms with van der Waals surface area (Å²) < 4.78 is 19.3. The van der Waals surface area contributed by atoms with E-state index in [1.54, 1.807) is 6.07 Å². The van der Waals surface area contributed by atoms with Crippen LogP contribution in [0, 0.1) is 5.82 Å². The second-order valence-corrected chi connectivity index (χ2v) is 5.72. The quantitative estimate of drug-likeness (QED) is 0.844. The highest BCUT2D eigenvalue weighted by Gasteiger charge is 2.05. The first-order chi connectivity index (χ1) is 10.6. The van der Waals surface area contributed by atoms with Gasteiger partial charge in [0.15, 0.2) is 0 Å². The zero-order valence-electron chi connectivity index (χ0n) is 12.2. The number of carbonyl (C=O) groups excluding carboxylic acids is 1. The van der Waals surface area contributed by atoms with E-state index in [0.29, 0.717) is 23.2 Å². The number of rotatable bonds is 6. The van der Waals surface area contributed by atoms with Crippen LogP contribution in [0.15, 0.2) is 46.9 Å². The fraction of sp³-hybridized carbons (Fsp3) is 0.235. The van der Waals surface area contributed by atoms with E-state index in [1.165, 1.54) is 12.1 Å². The van der Waals surface area contributed by atoms with Crippen molar-refractivity contribution in [1.29, 1.82) is 0 Å². The van der Waals surface area contributed by atoms with E-state index in [9.17, 15) is 9.18 Å². The van der Waals surface area contributed by atoms with Crippen molar-refractivity contribution in [3.63, 3.8) is 0 Å². The number of benzene rings is 2. The highest BCUT2D eigenvalue weighted by molar-refractivity contribution is 9.10. The van der Waals surface area contributed by atoms with E-state index in [2.05, 4.69) is 21.2 Å². The van der Waals surface area contributed by atoms with Gasteiger partial charge in [-0.05, 0) is 48.4 Å². The van der Waals surface area contributed by atoms with Gasteiger partial charge in [0.1, 0.15) is 11.6 Å². The maximum absolute atomic E-state index is 13.2. The van der Waals surface area contributed by atoms with Gasteiger partial charge in [-0.2, -0.15) is 0 Å². The third kappa shape index (κ3) is 5.15. The first-order valence-electron chi connectivity index (χ1n) is 7.00. The van der Waals surface area contributed by atoms with E-state index < -0.39 is 0 Å². The van der Waals surface area contributed by atoms with E-state index in [-0.39, 0.29) is 18.1 Å². The minimum absolute atomic E-state index is 0.107.